The van der Waals surface area contributed by atoms with Crippen LogP contribution >= 0.6 is 0 Å². The highest BCUT2D eigenvalue weighted by Crippen LogP contribution is 2.16. The number of hydrogen-bond acceptors (Lipinski definition) is 3. The van der Waals surface area contributed by atoms with Crippen LogP contribution in [-0.2, 0) is 4.74 Å². The monoisotopic (exact) mass is 228 g/mol. The van der Waals surface area contributed by atoms with E-state index in [1.54, 1.807) is 0 Å². The standard InChI is InChI=1S/C13H28N2O/c1-4-7-14-13-6-8-15(12(3)11-13)9-10-16-5-2/h12-14H,4-11H2,1-3H3. The van der Waals surface area contributed by atoms with Crippen molar-refractivity contribution in [2.75, 3.05) is 32.8 Å². The summed E-state index contributed by atoms with van der Waals surface area (Å²) < 4.78 is 5.42. The molecule has 1 aliphatic rings. The molecule has 0 radical (unpaired) electrons. The molecule has 0 bridgehead atoms. The van der Waals surface area contributed by atoms with Gasteiger partial charge in [-0.05, 0) is 46.2 Å². The van der Waals surface area contributed by atoms with E-state index in [0.29, 0.717) is 6.04 Å². The zero-order valence-electron chi connectivity index (χ0n) is 11.2. The lowest BCUT2D eigenvalue weighted by Gasteiger charge is -2.38. The van der Waals surface area contributed by atoms with Gasteiger partial charge in [0, 0.05) is 25.2 Å². The normalized spacial score (nSPS) is 27.2. The minimum Gasteiger partial charge on any atom is -0.380 e. The van der Waals surface area contributed by atoms with Crippen LogP contribution in [-0.4, -0.2) is 49.8 Å². The van der Waals surface area contributed by atoms with E-state index >= 15 is 0 Å². The number of piperidine rings is 1. The van der Waals surface area contributed by atoms with Gasteiger partial charge in [-0.2, -0.15) is 0 Å². The van der Waals surface area contributed by atoms with Crippen molar-refractivity contribution in [3.05, 3.63) is 0 Å². The molecule has 3 heteroatoms. The fraction of sp³-hybridized carbons (Fsp3) is 1.00. The average molecular weight is 228 g/mol. The molecule has 0 spiro atoms. The highest BCUT2D eigenvalue weighted by atomic mass is 16.5. The van der Waals surface area contributed by atoms with Crippen molar-refractivity contribution < 1.29 is 4.74 Å². The molecular weight excluding hydrogens is 200 g/mol. The summed E-state index contributed by atoms with van der Waals surface area (Å²) in [6, 6.07) is 1.43. The zero-order valence-corrected chi connectivity index (χ0v) is 11.2. The molecule has 0 saturated carbocycles. The predicted octanol–water partition coefficient (Wildman–Crippen LogP) is 1.88. The Hall–Kier alpha value is -0.120. The summed E-state index contributed by atoms with van der Waals surface area (Å²) in [4.78, 5) is 2.56. The van der Waals surface area contributed by atoms with Crippen LogP contribution in [0.4, 0.5) is 0 Å². The first-order valence-corrected chi connectivity index (χ1v) is 6.83. The molecule has 1 rings (SSSR count). The number of hydrogen-bond donors (Lipinski definition) is 1. The number of rotatable bonds is 7. The fourth-order valence-electron chi connectivity index (χ4n) is 2.41. The van der Waals surface area contributed by atoms with Crippen LogP contribution in [0.1, 0.15) is 40.0 Å². The maximum atomic E-state index is 5.42. The molecule has 1 heterocycles. The van der Waals surface area contributed by atoms with E-state index in [-0.39, 0.29) is 0 Å². The molecule has 0 aromatic heterocycles. The van der Waals surface area contributed by atoms with Gasteiger partial charge in [0.2, 0.25) is 0 Å². The molecule has 2 unspecified atom stereocenters. The van der Waals surface area contributed by atoms with Gasteiger partial charge < -0.3 is 10.1 Å². The topological polar surface area (TPSA) is 24.5 Å². The lowest BCUT2D eigenvalue weighted by molar-refractivity contribution is 0.0743. The maximum absolute atomic E-state index is 5.42. The van der Waals surface area contributed by atoms with Crippen LogP contribution in [0, 0.1) is 0 Å². The summed E-state index contributed by atoms with van der Waals surface area (Å²) in [7, 11) is 0. The third kappa shape index (κ3) is 4.81. The second kappa shape index (κ2) is 8.04. The van der Waals surface area contributed by atoms with Crippen molar-refractivity contribution in [1.29, 1.82) is 0 Å². The van der Waals surface area contributed by atoms with E-state index in [2.05, 4.69) is 31.0 Å². The van der Waals surface area contributed by atoms with Crippen LogP contribution in [0.3, 0.4) is 0 Å². The number of ether oxygens (including phenoxy) is 1. The van der Waals surface area contributed by atoms with E-state index in [4.69, 9.17) is 4.74 Å². The Balaban J connectivity index is 2.18. The van der Waals surface area contributed by atoms with Gasteiger partial charge >= 0.3 is 0 Å². The molecule has 2 atom stereocenters. The van der Waals surface area contributed by atoms with Crippen LogP contribution in [0.25, 0.3) is 0 Å². The first kappa shape index (κ1) is 13.9. The summed E-state index contributed by atoms with van der Waals surface area (Å²) in [5.41, 5.74) is 0. The third-order valence-corrected chi connectivity index (χ3v) is 3.42. The molecule has 1 N–H and O–H groups in total. The summed E-state index contributed by atoms with van der Waals surface area (Å²) in [5.74, 6) is 0. The van der Waals surface area contributed by atoms with E-state index in [1.807, 2.05) is 0 Å². The van der Waals surface area contributed by atoms with Gasteiger partial charge in [-0.1, -0.05) is 6.92 Å². The Labute approximate surface area is 101 Å². The van der Waals surface area contributed by atoms with Gasteiger partial charge in [0.05, 0.1) is 6.61 Å². The second-order valence-corrected chi connectivity index (χ2v) is 4.76. The minimum absolute atomic E-state index is 0.698. The molecule has 0 aromatic rings. The molecule has 3 nitrogen and oxygen atoms in total. The van der Waals surface area contributed by atoms with Crippen LogP contribution in [0.15, 0.2) is 0 Å². The Morgan fingerprint density at radius 3 is 2.81 bits per heavy atom. The van der Waals surface area contributed by atoms with Crippen molar-refractivity contribution in [3.63, 3.8) is 0 Å². The molecule has 16 heavy (non-hydrogen) atoms. The molecule has 0 aromatic carbocycles. The molecule has 0 aliphatic carbocycles. The molecule has 0 amide bonds. The van der Waals surface area contributed by atoms with Crippen LogP contribution < -0.4 is 5.32 Å². The van der Waals surface area contributed by atoms with Crippen molar-refractivity contribution >= 4 is 0 Å². The third-order valence-electron chi connectivity index (χ3n) is 3.42. The maximum Gasteiger partial charge on any atom is 0.0593 e. The van der Waals surface area contributed by atoms with Gasteiger partial charge in [0.1, 0.15) is 0 Å². The summed E-state index contributed by atoms with van der Waals surface area (Å²) in [6.07, 6.45) is 3.81. The second-order valence-electron chi connectivity index (χ2n) is 4.76. The molecule has 1 aliphatic heterocycles. The van der Waals surface area contributed by atoms with Crippen molar-refractivity contribution in [2.45, 2.75) is 52.1 Å². The molecule has 1 saturated heterocycles. The number of likely N-dealkylation sites (tertiary alicyclic amines) is 1. The lowest BCUT2D eigenvalue weighted by Crippen LogP contribution is -2.48. The Morgan fingerprint density at radius 2 is 2.19 bits per heavy atom. The number of nitrogens with one attached hydrogen (secondary N) is 1. The van der Waals surface area contributed by atoms with Crippen LogP contribution in [0.5, 0.6) is 0 Å². The molecule has 96 valence electrons. The number of nitrogens with zero attached hydrogens (tertiary/aromatic N) is 1. The fourth-order valence-corrected chi connectivity index (χ4v) is 2.41. The predicted molar refractivity (Wildman–Crippen MR) is 68.8 cm³/mol. The smallest absolute Gasteiger partial charge is 0.0593 e. The van der Waals surface area contributed by atoms with Crippen molar-refractivity contribution in [3.8, 4) is 0 Å². The lowest BCUT2D eigenvalue weighted by atomic mass is 9.98. The van der Waals surface area contributed by atoms with Gasteiger partial charge in [0.25, 0.3) is 0 Å². The quantitative estimate of drug-likeness (QED) is 0.673. The highest BCUT2D eigenvalue weighted by Gasteiger charge is 2.24. The van der Waals surface area contributed by atoms with Crippen molar-refractivity contribution in [2.24, 2.45) is 0 Å². The first-order chi connectivity index (χ1) is 7.77. The Kier molecular flexibility index (Phi) is 7.01. The summed E-state index contributed by atoms with van der Waals surface area (Å²) >= 11 is 0. The first-order valence-electron chi connectivity index (χ1n) is 6.83. The SMILES string of the molecule is CCCNC1CCN(CCOCC)C(C)C1. The summed E-state index contributed by atoms with van der Waals surface area (Å²) in [5, 5.41) is 3.63. The zero-order chi connectivity index (χ0) is 11.8. The largest absolute Gasteiger partial charge is 0.380 e. The summed E-state index contributed by atoms with van der Waals surface area (Å²) in [6.45, 7) is 11.8. The van der Waals surface area contributed by atoms with Gasteiger partial charge in [-0.15, -0.1) is 0 Å². The minimum atomic E-state index is 0.698. The Morgan fingerprint density at radius 1 is 1.38 bits per heavy atom. The van der Waals surface area contributed by atoms with Gasteiger partial charge in [0.15, 0.2) is 0 Å². The van der Waals surface area contributed by atoms with Crippen LogP contribution in [0.2, 0.25) is 0 Å². The highest BCUT2D eigenvalue weighted by molar-refractivity contribution is 4.82. The van der Waals surface area contributed by atoms with Crippen molar-refractivity contribution in [1.82, 2.24) is 10.2 Å². The van der Waals surface area contributed by atoms with Gasteiger partial charge in [-0.3, -0.25) is 4.90 Å². The van der Waals surface area contributed by atoms with Gasteiger partial charge in [-0.25, -0.2) is 0 Å². The molecule has 1 fully saturated rings. The van der Waals surface area contributed by atoms with E-state index in [0.717, 1.165) is 32.3 Å². The van der Waals surface area contributed by atoms with E-state index in [9.17, 15) is 0 Å². The van der Waals surface area contributed by atoms with E-state index < -0.39 is 0 Å². The average Bonchev–Trinajstić information content (AvgIpc) is 2.29. The van der Waals surface area contributed by atoms with E-state index in [1.165, 1.54) is 25.8 Å². The Bertz CT molecular complexity index is 175. The molecular formula is C13H28N2O.